The minimum absolute atomic E-state index is 0.224. The second kappa shape index (κ2) is 5.10. The summed E-state index contributed by atoms with van der Waals surface area (Å²) < 4.78 is 68.7. The average molecular weight is 320 g/mol. The zero-order valence-corrected chi connectivity index (χ0v) is 11.9. The molecule has 114 valence electrons. The molecular weight excluding hydrogens is 309 g/mol. The maximum Gasteiger partial charge on any atom is 0.534 e. The maximum absolute atomic E-state index is 12.4. The largest absolute Gasteiger partial charge is 0.534 e. The highest BCUT2D eigenvalue weighted by Gasteiger charge is 2.48. The van der Waals surface area contributed by atoms with E-state index >= 15 is 0 Å². The van der Waals surface area contributed by atoms with Gasteiger partial charge in [-0.3, -0.25) is 0 Å². The van der Waals surface area contributed by atoms with E-state index in [1.165, 1.54) is 25.3 Å². The number of hydrogen-bond donors (Lipinski definition) is 0. The molecule has 0 saturated carbocycles. The number of ether oxygens (including phenoxy) is 1. The summed E-state index contributed by atoms with van der Waals surface area (Å²) in [7, 11) is -4.32. The zero-order valence-electron chi connectivity index (χ0n) is 11.1. The quantitative estimate of drug-likeness (QED) is 0.642. The Morgan fingerprint density at radius 2 is 1.71 bits per heavy atom. The van der Waals surface area contributed by atoms with Crippen LogP contribution in [0.2, 0.25) is 0 Å². The molecule has 0 spiro atoms. The first-order chi connectivity index (χ1) is 9.65. The SMILES string of the molecule is COc1ccc2c(C)ccc(OS(=O)(=O)C(F)(F)F)c2c1. The van der Waals surface area contributed by atoms with Crippen molar-refractivity contribution < 1.29 is 30.5 Å². The summed E-state index contributed by atoms with van der Waals surface area (Å²) in [6.07, 6.45) is 0. The molecule has 0 amide bonds. The van der Waals surface area contributed by atoms with Crippen LogP contribution in [0.3, 0.4) is 0 Å². The molecule has 2 rings (SSSR count). The topological polar surface area (TPSA) is 52.6 Å². The van der Waals surface area contributed by atoms with Gasteiger partial charge in [0.25, 0.3) is 0 Å². The van der Waals surface area contributed by atoms with Gasteiger partial charge in [-0.25, -0.2) is 0 Å². The Hall–Kier alpha value is -1.96. The lowest BCUT2D eigenvalue weighted by molar-refractivity contribution is -0.0499. The third kappa shape index (κ3) is 2.90. The lowest BCUT2D eigenvalue weighted by Gasteiger charge is -2.13. The molecule has 2 aromatic rings. The van der Waals surface area contributed by atoms with E-state index in [-0.39, 0.29) is 5.39 Å². The monoisotopic (exact) mass is 320 g/mol. The number of hydrogen-bond acceptors (Lipinski definition) is 4. The van der Waals surface area contributed by atoms with E-state index in [1.54, 1.807) is 19.1 Å². The molecule has 0 aliphatic rings. The smallest absolute Gasteiger partial charge is 0.497 e. The molecule has 0 bridgehead atoms. The van der Waals surface area contributed by atoms with Gasteiger partial charge in [0.2, 0.25) is 0 Å². The van der Waals surface area contributed by atoms with Gasteiger partial charge in [0, 0.05) is 5.39 Å². The van der Waals surface area contributed by atoms with Crippen LogP contribution in [-0.4, -0.2) is 21.0 Å². The molecule has 0 atom stereocenters. The molecule has 0 unspecified atom stereocenters. The fourth-order valence-corrected chi connectivity index (χ4v) is 2.29. The number of halogens is 3. The van der Waals surface area contributed by atoms with E-state index in [9.17, 15) is 21.6 Å². The average Bonchev–Trinajstić information content (AvgIpc) is 2.40. The highest BCUT2D eigenvalue weighted by molar-refractivity contribution is 7.88. The summed E-state index contributed by atoms with van der Waals surface area (Å²) in [5.41, 5.74) is -4.72. The summed E-state index contributed by atoms with van der Waals surface area (Å²) in [5.74, 6) is -0.0193. The number of rotatable bonds is 3. The van der Waals surface area contributed by atoms with Gasteiger partial charge < -0.3 is 8.92 Å². The maximum atomic E-state index is 12.4. The highest BCUT2D eigenvalue weighted by Crippen LogP contribution is 2.34. The summed E-state index contributed by atoms with van der Waals surface area (Å²) >= 11 is 0. The Morgan fingerprint density at radius 1 is 1.05 bits per heavy atom. The standard InChI is InChI=1S/C13H11F3O4S/c1-8-3-6-12(20-21(17,18)13(14,15)16)11-7-9(19-2)4-5-10(8)11/h3-7H,1-2H3. The Morgan fingerprint density at radius 3 is 2.29 bits per heavy atom. The predicted molar refractivity (Wildman–Crippen MR) is 70.8 cm³/mol. The van der Waals surface area contributed by atoms with E-state index < -0.39 is 21.4 Å². The third-order valence-corrected chi connectivity index (χ3v) is 3.85. The van der Waals surface area contributed by atoms with Crippen LogP contribution in [0, 0.1) is 6.92 Å². The molecule has 8 heteroatoms. The van der Waals surface area contributed by atoms with Crippen molar-refractivity contribution in [1.29, 1.82) is 0 Å². The Labute approximate surface area is 119 Å². The highest BCUT2D eigenvalue weighted by atomic mass is 32.2. The van der Waals surface area contributed by atoms with Crippen LogP contribution in [0.4, 0.5) is 13.2 Å². The van der Waals surface area contributed by atoms with Gasteiger partial charge in [0.1, 0.15) is 5.75 Å². The van der Waals surface area contributed by atoms with Crippen LogP contribution in [-0.2, 0) is 10.1 Å². The predicted octanol–water partition coefficient (Wildman–Crippen LogP) is 3.39. The van der Waals surface area contributed by atoms with Crippen molar-refractivity contribution in [3.05, 3.63) is 35.9 Å². The van der Waals surface area contributed by atoms with Crippen molar-refractivity contribution >= 4 is 20.9 Å². The van der Waals surface area contributed by atoms with Crippen molar-refractivity contribution in [2.24, 2.45) is 0 Å². The number of alkyl halides is 3. The fraction of sp³-hybridized carbons (Fsp3) is 0.231. The molecule has 4 nitrogen and oxygen atoms in total. The zero-order chi connectivity index (χ0) is 15.8. The van der Waals surface area contributed by atoms with E-state index in [4.69, 9.17) is 4.74 Å². The summed E-state index contributed by atoms with van der Waals surface area (Å²) in [6.45, 7) is 1.75. The molecule has 0 aliphatic carbocycles. The molecule has 0 saturated heterocycles. The van der Waals surface area contributed by atoms with Crippen LogP contribution in [0.15, 0.2) is 30.3 Å². The van der Waals surface area contributed by atoms with Crippen molar-refractivity contribution in [3.8, 4) is 11.5 Å². The van der Waals surface area contributed by atoms with Crippen molar-refractivity contribution in [2.45, 2.75) is 12.4 Å². The second-order valence-electron chi connectivity index (χ2n) is 4.28. The summed E-state index contributed by atoms with van der Waals surface area (Å²) in [5, 5.41) is 0.799. The molecule has 2 aromatic carbocycles. The minimum Gasteiger partial charge on any atom is -0.497 e. The van der Waals surface area contributed by atoms with E-state index in [1.807, 2.05) is 0 Å². The van der Waals surface area contributed by atoms with Gasteiger partial charge in [-0.05, 0) is 36.1 Å². The Kier molecular flexibility index (Phi) is 3.75. The first-order valence-corrected chi connectivity index (χ1v) is 7.14. The molecule has 0 aliphatic heterocycles. The van der Waals surface area contributed by atoms with Crippen molar-refractivity contribution in [2.75, 3.05) is 7.11 Å². The lowest BCUT2D eigenvalue weighted by Crippen LogP contribution is -2.28. The number of fused-ring (bicyclic) bond motifs is 1. The van der Waals surface area contributed by atoms with E-state index in [2.05, 4.69) is 4.18 Å². The normalized spacial score (nSPS) is 12.4. The number of aryl methyl sites for hydroxylation is 1. The van der Waals surface area contributed by atoms with Gasteiger partial charge in [-0.15, -0.1) is 0 Å². The number of benzene rings is 2. The Balaban J connectivity index is 2.62. The van der Waals surface area contributed by atoms with Gasteiger partial charge in [0.15, 0.2) is 5.75 Å². The van der Waals surface area contributed by atoms with Crippen LogP contribution in [0.1, 0.15) is 5.56 Å². The van der Waals surface area contributed by atoms with Crippen LogP contribution < -0.4 is 8.92 Å². The molecule has 0 N–H and O–H groups in total. The first kappa shape index (κ1) is 15.4. The van der Waals surface area contributed by atoms with Gasteiger partial charge in [0.05, 0.1) is 7.11 Å². The van der Waals surface area contributed by atoms with Crippen LogP contribution in [0.5, 0.6) is 11.5 Å². The third-order valence-electron chi connectivity index (χ3n) is 2.88. The summed E-state index contributed by atoms with van der Waals surface area (Å²) in [4.78, 5) is 0. The molecule has 0 radical (unpaired) electrons. The summed E-state index contributed by atoms with van der Waals surface area (Å²) in [6, 6.07) is 7.33. The molecule has 21 heavy (non-hydrogen) atoms. The van der Waals surface area contributed by atoms with E-state index in [0.29, 0.717) is 11.1 Å². The lowest BCUT2D eigenvalue weighted by atomic mass is 10.0. The van der Waals surface area contributed by atoms with Crippen molar-refractivity contribution in [1.82, 2.24) is 0 Å². The molecular formula is C13H11F3O4S. The molecule has 0 fully saturated rings. The van der Waals surface area contributed by atoms with Gasteiger partial charge in [-0.1, -0.05) is 12.1 Å². The first-order valence-electron chi connectivity index (χ1n) is 5.74. The number of methoxy groups -OCH3 is 1. The second-order valence-corrected chi connectivity index (χ2v) is 5.81. The van der Waals surface area contributed by atoms with Crippen LogP contribution >= 0.6 is 0 Å². The minimum atomic E-state index is -5.72. The van der Waals surface area contributed by atoms with Crippen molar-refractivity contribution in [3.63, 3.8) is 0 Å². The van der Waals surface area contributed by atoms with Gasteiger partial charge >= 0.3 is 15.6 Å². The van der Waals surface area contributed by atoms with Crippen LogP contribution in [0.25, 0.3) is 10.8 Å². The molecule has 0 aromatic heterocycles. The fourth-order valence-electron chi connectivity index (χ4n) is 1.82. The molecule has 0 heterocycles. The Bertz CT molecular complexity index is 782. The van der Waals surface area contributed by atoms with E-state index in [0.717, 1.165) is 5.56 Å². The van der Waals surface area contributed by atoms with Gasteiger partial charge in [-0.2, -0.15) is 21.6 Å².